The molecule has 7 heteroatoms. The molecule has 0 spiro atoms. The highest BCUT2D eigenvalue weighted by Crippen LogP contribution is 2.30. The number of benzene rings is 3. The number of nitrogens with one attached hydrogen (secondary N) is 2. The van der Waals surface area contributed by atoms with Crippen LogP contribution in [0.15, 0.2) is 72.8 Å². The molecule has 0 aliphatic heterocycles. The zero-order chi connectivity index (χ0) is 30.2. The molecule has 41 heavy (non-hydrogen) atoms. The number of rotatable bonds is 10. The number of hydrogen-bond donors (Lipinski definition) is 2. The minimum absolute atomic E-state index is 0.248. The molecule has 0 heterocycles. The van der Waals surface area contributed by atoms with Crippen molar-refractivity contribution in [2.75, 3.05) is 11.9 Å². The number of alkyl carbamates (subject to hydrolysis) is 1. The Kier molecular flexibility index (Phi) is 10.7. The van der Waals surface area contributed by atoms with Gasteiger partial charge in [0.2, 0.25) is 5.91 Å². The topological polar surface area (TPSA) is 87.7 Å². The molecule has 3 amide bonds. The van der Waals surface area contributed by atoms with Crippen LogP contribution in [0.25, 0.3) is 0 Å². The maximum Gasteiger partial charge on any atom is 0.408 e. The van der Waals surface area contributed by atoms with Crippen LogP contribution in [-0.2, 0) is 20.7 Å². The van der Waals surface area contributed by atoms with E-state index in [0.717, 1.165) is 27.8 Å². The average molecular weight is 558 g/mol. The first-order chi connectivity index (χ1) is 19.4. The van der Waals surface area contributed by atoms with E-state index in [2.05, 4.69) is 10.6 Å². The Bertz CT molecular complexity index is 1330. The van der Waals surface area contributed by atoms with E-state index >= 15 is 0 Å². The standard InChI is InChI=1S/C34H43N3O4/c1-8-21-37(32(39)28(22-26-18-10-9-11-19-26)36-33(40)41-34(5,6)7)30(29-24(3)16-14-17-25(29)4)31(38)35-27-20-13-12-15-23(27)2/h9-20,28,30H,8,21-22H2,1-7H3,(H,35,38)(H,36,40). The zero-order valence-corrected chi connectivity index (χ0v) is 25.3. The van der Waals surface area contributed by atoms with Gasteiger partial charge in [0.1, 0.15) is 17.7 Å². The van der Waals surface area contributed by atoms with E-state index in [9.17, 15) is 14.4 Å². The quantitative estimate of drug-likeness (QED) is 0.292. The molecule has 0 saturated carbocycles. The summed E-state index contributed by atoms with van der Waals surface area (Å²) in [5, 5.41) is 5.88. The number of nitrogens with zero attached hydrogens (tertiary/aromatic N) is 1. The van der Waals surface area contributed by atoms with Crippen molar-refractivity contribution in [3.63, 3.8) is 0 Å². The molecule has 0 aliphatic rings. The smallest absolute Gasteiger partial charge is 0.408 e. The SMILES string of the molecule is CCCN(C(=O)C(Cc1ccccc1)NC(=O)OC(C)(C)C)C(C(=O)Nc1ccccc1C)c1c(C)cccc1C. The normalized spacial score (nSPS) is 12.7. The molecule has 0 aliphatic carbocycles. The molecular formula is C34H43N3O4. The number of para-hydroxylation sites is 1. The van der Waals surface area contributed by atoms with Gasteiger partial charge in [-0.2, -0.15) is 0 Å². The van der Waals surface area contributed by atoms with Gasteiger partial charge in [0.05, 0.1) is 0 Å². The second-order valence-electron chi connectivity index (χ2n) is 11.4. The monoisotopic (exact) mass is 557 g/mol. The van der Waals surface area contributed by atoms with Gasteiger partial charge in [0.25, 0.3) is 5.91 Å². The van der Waals surface area contributed by atoms with Gasteiger partial charge in [-0.15, -0.1) is 0 Å². The van der Waals surface area contributed by atoms with Crippen LogP contribution in [0.2, 0.25) is 0 Å². The van der Waals surface area contributed by atoms with Gasteiger partial charge in [-0.05, 0) is 81.8 Å². The summed E-state index contributed by atoms with van der Waals surface area (Å²) in [6.07, 6.45) is 0.184. The third-order valence-electron chi connectivity index (χ3n) is 6.80. The molecule has 3 aromatic rings. The maximum atomic E-state index is 14.5. The summed E-state index contributed by atoms with van der Waals surface area (Å²) in [6, 6.07) is 21.1. The third-order valence-corrected chi connectivity index (χ3v) is 6.80. The van der Waals surface area contributed by atoms with Gasteiger partial charge < -0.3 is 20.3 Å². The van der Waals surface area contributed by atoms with E-state index in [1.165, 1.54) is 0 Å². The number of anilines is 1. The largest absolute Gasteiger partial charge is 0.444 e. The van der Waals surface area contributed by atoms with Crippen molar-refractivity contribution in [3.8, 4) is 0 Å². The lowest BCUT2D eigenvalue weighted by atomic mass is 9.93. The van der Waals surface area contributed by atoms with Crippen LogP contribution in [0.1, 0.15) is 68.0 Å². The first kappa shape index (κ1) is 31.4. The summed E-state index contributed by atoms with van der Waals surface area (Å²) in [7, 11) is 0. The maximum absolute atomic E-state index is 14.5. The molecule has 0 aromatic heterocycles. The molecule has 218 valence electrons. The van der Waals surface area contributed by atoms with Gasteiger partial charge in [-0.3, -0.25) is 9.59 Å². The van der Waals surface area contributed by atoms with E-state index < -0.39 is 23.8 Å². The summed E-state index contributed by atoms with van der Waals surface area (Å²) < 4.78 is 5.52. The first-order valence-electron chi connectivity index (χ1n) is 14.2. The summed E-state index contributed by atoms with van der Waals surface area (Å²) in [4.78, 5) is 43.2. The van der Waals surface area contributed by atoms with E-state index in [-0.39, 0.29) is 18.2 Å². The molecule has 3 aromatic carbocycles. The van der Waals surface area contributed by atoms with E-state index in [1.807, 2.05) is 100 Å². The lowest BCUT2D eigenvalue weighted by molar-refractivity contribution is -0.140. The molecule has 0 radical (unpaired) electrons. The van der Waals surface area contributed by atoms with Crippen molar-refractivity contribution in [1.29, 1.82) is 0 Å². The van der Waals surface area contributed by atoms with Crippen molar-refractivity contribution in [2.45, 2.75) is 79.0 Å². The van der Waals surface area contributed by atoms with E-state index in [4.69, 9.17) is 4.74 Å². The molecule has 0 saturated heterocycles. The average Bonchev–Trinajstić information content (AvgIpc) is 2.90. The van der Waals surface area contributed by atoms with E-state index in [0.29, 0.717) is 18.7 Å². The van der Waals surface area contributed by atoms with Crippen molar-refractivity contribution < 1.29 is 19.1 Å². The van der Waals surface area contributed by atoms with Crippen molar-refractivity contribution >= 4 is 23.6 Å². The van der Waals surface area contributed by atoms with Gasteiger partial charge in [-0.1, -0.05) is 73.7 Å². The highest BCUT2D eigenvalue weighted by atomic mass is 16.6. The fourth-order valence-corrected chi connectivity index (χ4v) is 4.91. The Morgan fingerprint density at radius 3 is 2.00 bits per heavy atom. The predicted molar refractivity (Wildman–Crippen MR) is 164 cm³/mol. The number of carbonyl (C=O) groups excluding carboxylic acids is 3. The summed E-state index contributed by atoms with van der Waals surface area (Å²) >= 11 is 0. The highest BCUT2D eigenvalue weighted by Gasteiger charge is 2.37. The fourth-order valence-electron chi connectivity index (χ4n) is 4.91. The van der Waals surface area contributed by atoms with Gasteiger partial charge >= 0.3 is 6.09 Å². The van der Waals surface area contributed by atoms with Crippen LogP contribution >= 0.6 is 0 Å². The molecule has 2 atom stereocenters. The Morgan fingerprint density at radius 1 is 0.829 bits per heavy atom. The minimum atomic E-state index is -0.947. The number of hydrogen-bond acceptors (Lipinski definition) is 4. The number of ether oxygens (including phenoxy) is 1. The Balaban J connectivity index is 2.09. The van der Waals surface area contributed by atoms with Crippen LogP contribution in [0, 0.1) is 20.8 Å². The molecule has 3 rings (SSSR count). The van der Waals surface area contributed by atoms with Crippen molar-refractivity contribution in [2.24, 2.45) is 0 Å². The van der Waals surface area contributed by atoms with Gasteiger partial charge in [-0.25, -0.2) is 4.79 Å². The number of amides is 3. The zero-order valence-electron chi connectivity index (χ0n) is 25.3. The van der Waals surface area contributed by atoms with Crippen molar-refractivity contribution in [1.82, 2.24) is 10.2 Å². The van der Waals surface area contributed by atoms with Crippen LogP contribution in [0.5, 0.6) is 0 Å². The lowest BCUT2D eigenvalue weighted by Gasteiger charge is -2.35. The summed E-state index contributed by atoms with van der Waals surface area (Å²) in [6.45, 7) is 13.4. The number of aryl methyl sites for hydroxylation is 3. The van der Waals surface area contributed by atoms with Crippen LogP contribution in [0.3, 0.4) is 0 Å². The Morgan fingerprint density at radius 2 is 1.41 bits per heavy atom. The molecule has 0 bridgehead atoms. The second-order valence-corrected chi connectivity index (χ2v) is 11.4. The van der Waals surface area contributed by atoms with Gasteiger partial charge in [0, 0.05) is 18.7 Å². The predicted octanol–water partition coefficient (Wildman–Crippen LogP) is 6.67. The summed E-state index contributed by atoms with van der Waals surface area (Å²) in [5.74, 6) is -0.664. The molecule has 0 fully saturated rings. The molecule has 7 nitrogen and oxygen atoms in total. The van der Waals surface area contributed by atoms with Crippen molar-refractivity contribution in [3.05, 3.63) is 101 Å². The molecule has 2 N–H and O–H groups in total. The highest BCUT2D eigenvalue weighted by molar-refractivity contribution is 5.99. The molecule has 2 unspecified atom stereocenters. The molecular weight excluding hydrogens is 514 g/mol. The first-order valence-corrected chi connectivity index (χ1v) is 14.2. The van der Waals surface area contributed by atoms with Crippen LogP contribution in [-0.4, -0.2) is 41.0 Å². The lowest BCUT2D eigenvalue weighted by Crippen LogP contribution is -2.53. The Labute approximate surface area is 244 Å². The third kappa shape index (κ3) is 8.68. The Hall–Kier alpha value is -4.13. The van der Waals surface area contributed by atoms with Crippen LogP contribution in [0.4, 0.5) is 10.5 Å². The van der Waals surface area contributed by atoms with E-state index in [1.54, 1.807) is 25.7 Å². The van der Waals surface area contributed by atoms with Crippen LogP contribution < -0.4 is 10.6 Å². The fraction of sp³-hybridized carbons (Fsp3) is 0.382. The van der Waals surface area contributed by atoms with Gasteiger partial charge in [0.15, 0.2) is 0 Å². The second kappa shape index (κ2) is 14.0. The minimum Gasteiger partial charge on any atom is -0.444 e. The number of carbonyl (C=O) groups is 3. The summed E-state index contributed by atoms with van der Waals surface area (Å²) in [5.41, 5.74) is 4.34.